The minimum absolute atomic E-state index is 0.138. The molecule has 0 fully saturated rings. The van der Waals surface area contributed by atoms with E-state index in [1.165, 1.54) is 18.4 Å². The second kappa shape index (κ2) is 12.6. The first kappa shape index (κ1) is 30.7. The van der Waals surface area contributed by atoms with Crippen LogP contribution in [0.2, 0.25) is 18.1 Å². The van der Waals surface area contributed by atoms with Gasteiger partial charge in [-0.05, 0) is 69.3 Å². The number of ether oxygens (including phenoxy) is 1. The molecule has 0 aromatic carbocycles. The van der Waals surface area contributed by atoms with Crippen LogP contribution >= 0.6 is 11.3 Å². The summed E-state index contributed by atoms with van der Waals surface area (Å²) in [4.78, 5) is 29.7. The van der Waals surface area contributed by atoms with Crippen LogP contribution < -0.4 is 0 Å². The number of esters is 1. The Balaban J connectivity index is 2.74. The number of thiazole rings is 1. The maximum atomic E-state index is 12.7. The number of hydrogen-bond acceptors (Lipinski definition) is 7. The first-order chi connectivity index (χ1) is 15.5. The summed E-state index contributed by atoms with van der Waals surface area (Å²) in [5.41, 5.74) is 0.0856. The number of aromatic nitrogens is 1. The third-order valence-electron chi connectivity index (χ3n) is 7.13. The molecule has 1 rings (SSSR count). The van der Waals surface area contributed by atoms with Crippen molar-refractivity contribution in [1.82, 2.24) is 4.98 Å². The van der Waals surface area contributed by atoms with Crippen LogP contribution in [0.4, 0.5) is 0 Å². The van der Waals surface area contributed by atoms with E-state index in [0.717, 1.165) is 23.5 Å². The van der Waals surface area contributed by atoms with E-state index in [9.17, 15) is 14.7 Å². The Hall–Kier alpha value is -1.35. The summed E-state index contributed by atoms with van der Waals surface area (Å²) in [7, 11) is -0.482. The molecule has 0 spiro atoms. The van der Waals surface area contributed by atoms with Crippen LogP contribution in [0.1, 0.15) is 77.9 Å². The second-order valence-corrected chi connectivity index (χ2v) is 17.1. The average Bonchev–Trinajstić information content (AvgIpc) is 3.14. The fourth-order valence-corrected chi connectivity index (χ4v) is 5.12. The number of rotatable bonds is 13. The van der Waals surface area contributed by atoms with Gasteiger partial charge in [0, 0.05) is 18.4 Å². The Bertz CT molecular complexity index is 858. The van der Waals surface area contributed by atoms with E-state index in [1.54, 1.807) is 19.9 Å². The average molecular weight is 512 g/mol. The van der Waals surface area contributed by atoms with Crippen LogP contribution in [0.25, 0.3) is 6.08 Å². The summed E-state index contributed by atoms with van der Waals surface area (Å²) in [6.45, 7) is 19.3. The van der Waals surface area contributed by atoms with Gasteiger partial charge in [0.1, 0.15) is 0 Å². The van der Waals surface area contributed by atoms with E-state index in [0.29, 0.717) is 24.5 Å². The summed E-state index contributed by atoms with van der Waals surface area (Å²) < 4.78 is 11.3. The van der Waals surface area contributed by atoms with Crippen molar-refractivity contribution in [3.63, 3.8) is 0 Å². The molecule has 0 amide bonds. The Labute approximate surface area is 211 Å². The van der Waals surface area contributed by atoms with Crippen molar-refractivity contribution in [2.24, 2.45) is 11.3 Å². The number of aliphatic hydroxyl groups excluding tert-OH is 1. The van der Waals surface area contributed by atoms with Crippen molar-refractivity contribution in [2.75, 3.05) is 13.7 Å². The molecule has 8 heteroatoms. The van der Waals surface area contributed by atoms with Gasteiger partial charge < -0.3 is 14.3 Å². The first-order valence-electron chi connectivity index (χ1n) is 12.1. The zero-order valence-electron chi connectivity index (χ0n) is 22.8. The van der Waals surface area contributed by atoms with Crippen LogP contribution in [-0.2, 0) is 18.8 Å². The monoisotopic (exact) mass is 511 g/mol. The predicted octanol–water partition coefficient (Wildman–Crippen LogP) is 6.18. The number of allylic oxidation sites excluding steroid dienone is 1. The minimum Gasteiger partial charge on any atom is -0.469 e. The number of aliphatic hydroxyl groups is 1. The summed E-state index contributed by atoms with van der Waals surface area (Å²) in [6, 6.07) is 0. The normalized spacial score (nSPS) is 16.6. The maximum Gasteiger partial charge on any atom is 0.314 e. The fraction of sp³-hybridized carbons (Fsp3) is 0.731. The van der Waals surface area contributed by atoms with Gasteiger partial charge in [0.15, 0.2) is 14.1 Å². The highest BCUT2D eigenvalue weighted by Gasteiger charge is 2.42. The standard InChI is InChI=1S/C26H45NO5SSi/c1-18(16-32-34(9,10)25(4,5)6)12-11-13-26(7,24(30)31-8)23(29)15-22(28)19(2)14-21-17-33-20(3)27-21/h14,17-18,23,29H,11-13,15-16H2,1-10H3/b19-14+/t18-,23-,26-/m0/s1. The van der Waals surface area contributed by atoms with E-state index < -0.39 is 25.8 Å². The summed E-state index contributed by atoms with van der Waals surface area (Å²) in [5.74, 6) is -0.360. The van der Waals surface area contributed by atoms with Crippen molar-refractivity contribution in [3.05, 3.63) is 21.7 Å². The molecule has 0 saturated carbocycles. The number of carbonyl (C=O) groups is 2. The fourth-order valence-electron chi connectivity index (χ4n) is 3.42. The van der Waals surface area contributed by atoms with Gasteiger partial charge in [0.25, 0.3) is 0 Å². The molecule has 194 valence electrons. The van der Waals surface area contributed by atoms with Crippen molar-refractivity contribution < 1.29 is 23.9 Å². The molecule has 0 aliphatic rings. The lowest BCUT2D eigenvalue weighted by molar-refractivity contribution is -0.160. The molecule has 0 saturated heterocycles. The number of hydrogen-bond donors (Lipinski definition) is 1. The molecular weight excluding hydrogens is 466 g/mol. The van der Waals surface area contributed by atoms with Crippen LogP contribution in [0, 0.1) is 18.3 Å². The Kier molecular flexibility index (Phi) is 11.3. The zero-order chi connectivity index (χ0) is 26.3. The van der Waals surface area contributed by atoms with E-state index in [2.05, 4.69) is 45.8 Å². The van der Waals surface area contributed by atoms with Gasteiger partial charge in [0.05, 0.1) is 29.3 Å². The third kappa shape index (κ3) is 8.70. The Morgan fingerprint density at radius 2 is 1.88 bits per heavy atom. The molecule has 6 nitrogen and oxygen atoms in total. The number of carbonyl (C=O) groups excluding carboxylic acids is 2. The molecule has 0 bridgehead atoms. The first-order valence-corrected chi connectivity index (χ1v) is 15.9. The summed E-state index contributed by atoms with van der Waals surface area (Å²) in [6.07, 6.45) is 2.48. The molecule has 3 atom stereocenters. The van der Waals surface area contributed by atoms with Gasteiger partial charge in [-0.1, -0.05) is 34.1 Å². The lowest BCUT2D eigenvalue weighted by Crippen LogP contribution is -2.42. The molecule has 0 radical (unpaired) electrons. The number of aryl methyl sites for hydroxylation is 1. The number of nitrogens with zero attached hydrogens (tertiary/aromatic N) is 1. The van der Waals surface area contributed by atoms with E-state index in [4.69, 9.17) is 9.16 Å². The summed E-state index contributed by atoms with van der Waals surface area (Å²) >= 11 is 1.52. The van der Waals surface area contributed by atoms with E-state index in [1.807, 2.05) is 12.3 Å². The minimum atomic E-state index is -1.80. The van der Waals surface area contributed by atoms with Crippen molar-refractivity contribution >= 4 is 37.5 Å². The lowest BCUT2D eigenvalue weighted by Gasteiger charge is -2.37. The smallest absolute Gasteiger partial charge is 0.314 e. The molecule has 1 N–H and O–H groups in total. The molecule has 0 unspecified atom stereocenters. The number of methoxy groups -OCH3 is 1. The molecule has 1 aromatic rings. The molecule has 1 aromatic heterocycles. The highest BCUT2D eigenvalue weighted by Crippen LogP contribution is 2.37. The Morgan fingerprint density at radius 3 is 2.38 bits per heavy atom. The van der Waals surface area contributed by atoms with Crippen LogP contribution in [-0.4, -0.2) is 50.0 Å². The summed E-state index contributed by atoms with van der Waals surface area (Å²) in [5, 5.41) is 13.9. The van der Waals surface area contributed by atoms with Gasteiger partial charge in [-0.25, -0.2) is 4.98 Å². The van der Waals surface area contributed by atoms with E-state index >= 15 is 0 Å². The SMILES string of the molecule is COC(=O)[C@@](C)(CCC[C@H](C)CO[Si](C)(C)C(C)(C)C)[C@@H](O)CC(=O)/C(C)=C/c1csc(C)n1. The second-order valence-electron chi connectivity index (χ2n) is 11.2. The zero-order valence-corrected chi connectivity index (χ0v) is 24.6. The molecular formula is C26H45NO5SSi. The highest BCUT2D eigenvalue weighted by atomic mass is 32.1. The van der Waals surface area contributed by atoms with Gasteiger partial charge in [-0.15, -0.1) is 11.3 Å². The van der Waals surface area contributed by atoms with Gasteiger partial charge in [-0.3, -0.25) is 9.59 Å². The molecule has 0 aliphatic carbocycles. The van der Waals surface area contributed by atoms with Crippen LogP contribution in [0.5, 0.6) is 0 Å². The topological polar surface area (TPSA) is 85.7 Å². The van der Waals surface area contributed by atoms with E-state index in [-0.39, 0.29) is 17.2 Å². The number of Topliss-reactive ketones (excluding diaryl/α,β-unsaturated/α-hetero) is 1. The van der Waals surface area contributed by atoms with Gasteiger partial charge in [-0.2, -0.15) is 0 Å². The lowest BCUT2D eigenvalue weighted by atomic mass is 9.76. The van der Waals surface area contributed by atoms with Crippen LogP contribution in [0.3, 0.4) is 0 Å². The molecule has 34 heavy (non-hydrogen) atoms. The Morgan fingerprint density at radius 1 is 1.26 bits per heavy atom. The quantitative estimate of drug-likeness (QED) is 0.193. The number of ketones is 1. The van der Waals surface area contributed by atoms with Crippen molar-refractivity contribution in [1.29, 1.82) is 0 Å². The van der Waals surface area contributed by atoms with Gasteiger partial charge in [0.2, 0.25) is 0 Å². The maximum absolute atomic E-state index is 12.7. The van der Waals surface area contributed by atoms with Crippen molar-refractivity contribution in [3.8, 4) is 0 Å². The van der Waals surface area contributed by atoms with Crippen LogP contribution in [0.15, 0.2) is 11.0 Å². The van der Waals surface area contributed by atoms with Crippen molar-refractivity contribution in [2.45, 2.75) is 98.4 Å². The largest absolute Gasteiger partial charge is 0.469 e. The molecule has 1 heterocycles. The highest BCUT2D eigenvalue weighted by molar-refractivity contribution is 7.09. The third-order valence-corrected chi connectivity index (χ3v) is 12.4. The molecule has 0 aliphatic heterocycles. The predicted molar refractivity (Wildman–Crippen MR) is 142 cm³/mol. The van der Waals surface area contributed by atoms with Gasteiger partial charge >= 0.3 is 5.97 Å².